The van der Waals surface area contributed by atoms with E-state index in [4.69, 9.17) is 47.4 Å². The van der Waals surface area contributed by atoms with Crippen molar-refractivity contribution in [1.82, 2.24) is 0 Å². The first-order valence-electron chi connectivity index (χ1n) is 27.0. The van der Waals surface area contributed by atoms with Crippen molar-refractivity contribution < 1.29 is 66.5 Å². The molecule has 14 nitrogen and oxygen atoms in total. The van der Waals surface area contributed by atoms with E-state index in [0.29, 0.717) is 73.4 Å². The fourth-order valence-corrected chi connectivity index (χ4v) is 9.37. The molecule has 0 unspecified atom stereocenters. The molecule has 0 aliphatic carbocycles. The molecule has 2 saturated heterocycles. The van der Waals surface area contributed by atoms with E-state index >= 15 is 0 Å². The van der Waals surface area contributed by atoms with E-state index in [1.165, 1.54) is 48.5 Å². The Hall–Kier alpha value is -8.40. The van der Waals surface area contributed by atoms with Gasteiger partial charge in [0.1, 0.15) is 34.5 Å². The lowest BCUT2D eigenvalue weighted by molar-refractivity contribution is -0.150. The summed E-state index contributed by atoms with van der Waals surface area (Å²) in [6.07, 6.45) is 3.51. The van der Waals surface area contributed by atoms with E-state index in [1.807, 2.05) is 60.7 Å². The van der Waals surface area contributed by atoms with Crippen molar-refractivity contribution in [3.8, 4) is 45.6 Å². The molecule has 8 aromatic carbocycles. The quantitative estimate of drug-likeness (QED) is 0.0302. The number of rotatable bonds is 25. The van der Waals surface area contributed by atoms with Crippen molar-refractivity contribution in [2.24, 2.45) is 10.8 Å². The standard InChI is InChI=1S/C66H62O14/c1-3-65(41-73-42-65)39-71-35-9-37-75-51-25-15-47(16-26-51)61(67)77-53-29-19-49(20-30-53)63(69)79-57-33-23-45-11-5-7-13-55(45)59(57)60-56-14-8-6-12-46(56)24-34-58(60)80-64(70)50-21-31-54(32-22-50)78-62(68)48-17-27-52(28-18-48)76-38-10-36-72-40-66(4-2)43-74-44-66/h5-8,11-34H,3-4,9-10,35-44H2,1-2H3. The van der Waals surface area contributed by atoms with Crippen molar-refractivity contribution in [3.05, 3.63) is 192 Å². The Morgan fingerprint density at radius 2 is 0.725 bits per heavy atom. The molecule has 410 valence electrons. The van der Waals surface area contributed by atoms with E-state index in [1.54, 1.807) is 60.7 Å². The Labute approximate surface area is 464 Å². The zero-order valence-corrected chi connectivity index (χ0v) is 44.8. The molecular formula is C66H62O14. The number of fused-ring (bicyclic) bond motifs is 2. The number of ether oxygens (including phenoxy) is 10. The lowest BCUT2D eigenvalue weighted by Crippen LogP contribution is -2.45. The van der Waals surface area contributed by atoms with Crippen LogP contribution in [0.2, 0.25) is 0 Å². The summed E-state index contributed by atoms with van der Waals surface area (Å²) in [7, 11) is 0. The average molecular weight is 1080 g/mol. The van der Waals surface area contributed by atoms with Gasteiger partial charge in [0.05, 0.1) is 75.1 Å². The SMILES string of the molecule is CCC1(COCCCOc2ccc(C(=O)Oc3ccc(C(=O)Oc4ccc5ccccc5c4-c4c(OC(=O)c5ccc(OC(=O)c6ccc(OCCCOCC7(CC)COC7)cc6)cc5)ccc5ccccc45)cc3)cc2)COC1. The second-order valence-corrected chi connectivity index (χ2v) is 20.2. The highest BCUT2D eigenvalue weighted by atomic mass is 16.6. The number of hydrogen-bond acceptors (Lipinski definition) is 14. The maximum Gasteiger partial charge on any atom is 0.343 e. The normalized spacial score (nSPS) is 14.1. The van der Waals surface area contributed by atoms with E-state index in [0.717, 1.165) is 73.7 Å². The van der Waals surface area contributed by atoms with Gasteiger partial charge in [-0.15, -0.1) is 0 Å². The molecule has 0 N–H and O–H groups in total. The predicted octanol–water partition coefficient (Wildman–Crippen LogP) is 13.0. The molecule has 0 aromatic heterocycles. The summed E-state index contributed by atoms with van der Waals surface area (Å²) in [5, 5.41) is 3.20. The first-order valence-corrected chi connectivity index (χ1v) is 27.0. The maximum atomic E-state index is 14.0. The van der Waals surface area contributed by atoms with Crippen LogP contribution in [0.1, 0.15) is 81.0 Å². The molecule has 10 rings (SSSR count). The third-order valence-corrected chi connectivity index (χ3v) is 14.6. The molecule has 0 bridgehead atoms. The van der Waals surface area contributed by atoms with Crippen LogP contribution in [0.4, 0.5) is 0 Å². The van der Waals surface area contributed by atoms with Gasteiger partial charge in [0.15, 0.2) is 0 Å². The lowest BCUT2D eigenvalue weighted by Gasteiger charge is -2.40. The summed E-state index contributed by atoms with van der Waals surface area (Å²) in [4.78, 5) is 54.3. The van der Waals surface area contributed by atoms with Gasteiger partial charge in [-0.1, -0.05) is 74.5 Å². The van der Waals surface area contributed by atoms with Crippen LogP contribution >= 0.6 is 0 Å². The van der Waals surface area contributed by atoms with Crippen molar-refractivity contribution in [2.75, 3.05) is 66.1 Å². The summed E-state index contributed by atoms with van der Waals surface area (Å²) >= 11 is 0. The van der Waals surface area contributed by atoms with E-state index in [9.17, 15) is 19.2 Å². The van der Waals surface area contributed by atoms with Crippen LogP contribution in [0.25, 0.3) is 32.7 Å². The van der Waals surface area contributed by atoms with Gasteiger partial charge in [0.25, 0.3) is 0 Å². The molecule has 2 aliphatic rings. The van der Waals surface area contributed by atoms with Gasteiger partial charge < -0.3 is 47.4 Å². The van der Waals surface area contributed by atoms with Crippen molar-refractivity contribution in [3.63, 3.8) is 0 Å². The Morgan fingerprint density at radius 3 is 1.06 bits per heavy atom. The molecule has 2 fully saturated rings. The predicted molar refractivity (Wildman–Crippen MR) is 301 cm³/mol. The highest BCUT2D eigenvalue weighted by Gasteiger charge is 2.38. The topological polar surface area (TPSA) is 161 Å². The van der Waals surface area contributed by atoms with E-state index in [-0.39, 0.29) is 45.0 Å². The fourth-order valence-electron chi connectivity index (χ4n) is 9.37. The minimum atomic E-state index is -0.669. The molecule has 0 radical (unpaired) electrons. The number of esters is 4. The van der Waals surface area contributed by atoms with Crippen LogP contribution < -0.4 is 28.4 Å². The molecule has 2 aliphatic heterocycles. The van der Waals surface area contributed by atoms with Crippen LogP contribution in [0, 0.1) is 10.8 Å². The Kier molecular flexibility index (Phi) is 17.6. The van der Waals surface area contributed by atoms with Gasteiger partial charge in [0.2, 0.25) is 0 Å². The van der Waals surface area contributed by atoms with E-state index < -0.39 is 23.9 Å². The summed E-state index contributed by atoms with van der Waals surface area (Å²) in [5.74, 6) is -0.338. The highest BCUT2D eigenvalue weighted by molar-refractivity contribution is 6.11. The van der Waals surface area contributed by atoms with Gasteiger partial charge in [-0.25, -0.2) is 19.2 Å². The third kappa shape index (κ3) is 13.2. The zero-order chi connectivity index (χ0) is 55.3. The Morgan fingerprint density at radius 1 is 0.388 bits per heavy atom. The summed E-state index contributed by atoms with van der Waals surface area (Å²) in [5.41, 5.74) is 2.41. The Balaban J connectivity index is 0.768. The molecule has 0 amide bonds. The Bertz CT molecular complexity index is 3200. The van der Waals surface area contributed by atoms with Gasteiger partial charge in [0, 0.05) is 48.0 Å². The summed E-state index contributed by atoms with van der Waals surface area (Å²) in [6.45, 7) is 10.8. The minimum Gasteiger partial charge on any atom is -0.494 e. The molecule has 0 saturated carbocycles. The molecule has 0 spiro atoms. The molecule has 80 heavy (non-hydrogen) atoms. The summed E-state index contributed by atoms with van der Waals surface area (Å²) in [6, 6.07) is 48.0. The van der Waals surface area contributed by atoms with Crippen molar-refractivity contribution >= 4 is 45.4 Å². The maximum absolute atomic E-state index is 14.0. The van der Waals surface area contributed by atoms with Crippen LogP contribution in [-0.2, 0) is 18.9 Å². The molecule has 2 heterocycles. The zero-order valence-electron chi connectivity index (χ0n) is 44.8. The van der Waals surface area contributed by atoms with Gasteiger partial charge >= 0.3 is 23.9 Å². The smallest absolute Gasteiger partial charge is 0.343 e. The first-order chi connectivity index (χ1) is 39.1. The van der Waals surface area contributed by atoms with Crippen molar-refractivity contribution in [1.29, 1.82) is 0 Å². The van der Waals surface area contributed by atoms with Gasteiger partial charge in [-0.05, 0) is 144 Å². The molecule has 14 heteroatoms. The third-order valence-electron chi connectivity index (χ3n) is 14.6. The van der Waals surface area contributed by atoms with Gasteiger partial charge in [-0.3, -0.25) is 0 Å². The summed E-state index contributed by atoms with van der Waals surface area (Å²) < 4.78 is 57.9. The largest absolute Gasteiger partial charge is 0.494 e. The number of benzene rings is 8. The minimum absolute atomic E-state index is 0.146. The van der Waals surface area contributed by atoms with Gasteiger partial charge in [-0.2, -0.15) is 0 Å². The second kappa shape index (κ2) is 25.6. The number of hydrogen-bond donors (Lipinski definition) is 0. The molecule has 0 atom stereocenters. The van der Waals surface area contributed by atoms with Crippen LogP contribution in [-0.4, -0.2) is 89.9 Å². The van der Waals surface area contributed by atoms with Crippen molar-refractivity contribution in [2.45, 2.75) is 39.5 Å². The average Bonchev–Trinajstić information content (AvgIpc) is 3.58. The lowest BCUT2D eigenvalue weighted by atomic mass is 9.84. The van der Waals surface area contributed by atoms with Crippen LogP contribution in [0.15, 0.2) is 170 Å². The van der Waals surface area contributed by atoms with Crippen LogP contribution in [0.3, 0.4) is 0 Å². The van der Waals surface area contributed by atoms with Crippen LogP contribution in [0.5, 0.6) is 34.5 Å². The number of carbonyl (C=O) groups excluding carboxylic acids is 4. The second-order valence-electron chi connectivity index (χ2n) is 20.2. The fraction of sp³-hybridized carbons (Fsp3) is 0.273. The molecular weight excluding hydrogens is 1020 g/mol. The highest BCUT2D eigenvalue weighted by Crippen LogP contribution is 2.46. The monoisotopic (exact) mass is 1080 g/mol. The number of carbonyl (C=O) groups is 4. The first kappa shape index (κ1) is 54.9. The molecule has 8 aromatic rings. The van der Waals surface area contributed by atoms with E-state index in [2.05, 4.69) is 13.8 Å².